The van der Waals surface area contributed by atoms with Gasteiger partial charge in [0.15, 0.2) is 0 Å². The van der Waals surface area contributed by atoms with Gasteiger partial charge in [-0.1, -0.05) is 36.4 Å². The molecule has 0 aliphatic carbocycles. The highest BCUT2D eigenvalue weighted by Crippen LogP contribution is 2.26. The lowest BCUT2D eigenvalue weighted by atomic mass is 10.1. The molecule has 0 atom stereocenters. The van der Waals surface area contributed by atoms with Crippen molar-refractivity contribution >= 4 is 39.1 Å². The minimum absolute atomic E-state index is 0.200. The highest BCUT2D eigenvalue weighted by Gasteiger charge is 2.10. The fourth-order valence-electron chi connectivity index (χ4n) is 3.30. The molecule has 0 saturated heterocycles. The van der Waals surface area contributed by atoms with Crippen molar-refractivity contribution in [3.8, 4) is 0 Å². The van der Waals surface area contributed by atoms with Crippen LogP contribution in [-0.4, -0.2) is 16.5 Å². The van der Waals surface area contributed by atoms with Crippen LogP contribution in [0.25, 0.3) is 21.7 Å². The van der Waals surface area contributed by atoms with E-state index < -0.39 is 0 Å². The molecule has 0 aliphatic rings. The Bertz CT molecular complexity index is 1090. The molecule has 0 bridgehead atoms. The van der Waals surface area contributed by atoms with E-state index in [-0.39, 0.29) is 5.95 Å². The Morgan fingerprint density at radius 2 is 1.69 bits per heavy atom. The largest absolute Gasteiger partial charge is 0.383 e. The topological polar surface area (TPSA) is 81.1 Å². The number of rotatable bonds is 4. The van der Waals surface area contributed by atoms with Crippen LogP contribution in [0.4, 0.5) is 17.5 Å². The predicted molar refractivity (Wildman–Crippen MR) is 109 cm³/mol. The second-order valence-corrected chi connectivity index (χ2v) is 6.36. The molecule has 0 radical (unpaired) electrons. The van der Waals surface area contributed by atoms with Gasteiger partial charge in [0.1, 0.15) is 5.82 Å². The van der Waals surface area contributed by atoms with Gasteiger partial charge in [-0.15, -0.1) is 0 Å². The summed E-state index contributed by atoms with van der Waals surface area (Å²) in [5, 5.41) is 3.34. The normalized spacial score (nSPS) is 11.1. The van der Waals surface area contributed by atoms with Gasteiger partial charge in [-0.3, -0.25) is 0 Å². The van der Waals surface area contributed by atoms with E-state index in [2.05, 4.69) is 70.3 Å². The van der Waals surface area contributed by atoms with Gasteiger partial charge in [-0.05, 0) is 47.5 Å². The average Bonchev–Trinajstić information content (AvgIpc) is 2.66. The predicted octanol–water partition coefficient (Wildman–Crippen LogP) is 3.97. The lowest BCUT2D eigenvalue weighted by Crippen LogP contribution is -2.22. The molecule has 0 fully saturated rings. The van der Waals surface area contributed by atoms with Crippen molar-refractivity contribution in [1.29, 1.82) is 0 Å². The summed E-state index contributed by atoms with van der Waals surface area (Å²) < 4.78 is 0. The molecule has 5 heteroatoms. The standard InChI is InChI=1S/C21H21N5/c1-2-26(13-14-7-8-15-5-3-4-6-16(15)11-14)17-9-10-19-18(12-17)20(22)25-21(23)24-19/h3-12H,2,13H2,1H3,(H4,22,23,24,25). The van der Waals surface area contributed by atoms with E-state index in [1.54, 1.807) is 0 Å². The van der Waals surface area contributed by atoms with E-state index in [0.29, 0.717) is 5.82 Å². The number of benzene rings is 3. The Hall–Kier alpha value is -3.34. The summed E-state index contributed by atoms with van der Waals surface area (Å²) in [5.74, 6) is 0.613. The van der Waals surface area contributed by atoms with Crippen molar-refractivity contribution < 1.29 is 0 Å². The molecule has 0 aliphatic heterocycles. The number of nitrogen functional groups attached to an aromatic ring is 2. The Morgan fingerprint density at radius 1 is 0.885 bits per heavy atom. The van der Waals surface area contributed by atoms with Crippen LogP contribution in [0.3, 0.4) is 0 Å². The van der Waals surface area contributed by atoms with Gasteiger partial charge in [-0.2, -0.15) is 4.98 Å². The van der Waals surface area contributed by atoms with Crippen molar-refractivity contribution in [2.24, 2.45) is 0 Å². The number of fused-ring (bicyclic) bond motifs is 2. The lowest BCUT2D eigenvalue weighted by Gasteiger charge is -2.24. The molecule has 1 aromatic heterocycles. The third-order valence-corrected chi connectivity index (χ3v) is 4.66. The SMILES string of the molecule is CCN(Cc1ccc2ccccc2c1)c1ccc2nc(N)nc(N)c2c1. The van der Waals surface area contributed by atoms with Crippen LogP contribution in [0, 0.1) is 0 Å². The highest BCUT2D eigenvalue weighted by molar-refractivity contribution is 5.91. The molecule has 0 unspecified atom stereocenters. The van der Waals surface area contributed by atoms with Crippen LogP contribution >= 0.6 is 0 Å². The van der Waals surface area contributed by atoms with E-state index in [1.165, 1.54) is 16.3 Å². The first-order valence-corrected chi connectivity index (χ1v) is 8.69. The summed E-state index contributed by atoms with van der Waals surface area (Å²) in [7, 11) is 0. The van der Waals surface area contributed by atoms with Crippen LogP contribution < -0.4 is 16.4 Å². The first-order valence-electron chi connectivity index (χ1n) is 8.69. The Morgan fingerprint density at radius 3 is 2.50 bits per heavy atom. The second-order valence-electron chi connectivity index (χ2n) is 6.36. The third kappa shape index (κ3) is 2.99. The minimum atomic E-state index is 0.200. The lowest BCUT2D eigenvalue weighted by molar-refractivity contribution is 0.833. The number of anilines is 3. The van der Waals surface area contributed by atoms with Crippen molar-refractivity contribution in [1.82, 2.24) is 9.97 Å². The number of nitrogens with zero attached hydrogens (tertiary/aromatic N) is 3. The smallest absolute Gasteiger partial charge is 0.222 e. The summed E-state index contributed by atoms with van der Waals surface area (Å²) in [5.41, 5.74) is 14.8. The van der Waals surface area contributed by atoms with Crippen LogP contribution in [0.15, 0.2) is 60.7 Å². The summed E-state index contributed by atoms with van der Waals surface area (Å²) >= 11 is 0. The first-order chi connectivity index (χ1) is 12.6. The molecule has 130 valence electrons. The molecule has 4 rings (SSSR count). The van der Waals surface area contributed by atoms with Crippen molar-refractivity contribution in [2.75, 3.05) is 22.9 Å². The van der Waals surface area contributed by atoms with Crippen LogP contribution in [0.1, 0.15) is 12.5 Å². The fourth-order valence-corrected chi connectivity index (χ4v) is 3.30. The minimum Gasteiger partial charge on any atom is -0.383 e. The fraction of sp³-hybridized carbons (Fsp3) is 0.143. The maximum atomic E-state index is 6.03. The van der Waals surface area contributed by atoms with Crippen LogP contribution in [-0.2, 0) is 6.54 Å². The first kappa shape index (κ1) is 16.1. The molecule has 4 N–H and O–H groups in total. The molecular formula is C21H21N5. The molecule has 0 amide bonds. The van der Waals surface area contributed by atoms with Gasteiger partial charge in [0.2, 0.25) is 5.95 Å². The van der Waals surface area contributed by atoms with Gasteiger partial charge in [0.25, 0.3) is 0 Å². The van der Waals surface area contributed by atoms with Crippen molar-refractivity contribution in [3.05, 3.63) is 66.2 Å². The molecule has 3 aromatic carbocycles. The van der Waals surface area contributed by atoms with Gasteiger partial charge >= 0.3 is 0 Å². The maximum absolute atomic E-state index is 6.03. The molecule has 0 spiro atoms. The van der Waals surface area contributed by atoms with E-state index in [0.717, 1.165) is 29.7 Å². The molecule has 5 nitrogen and oxygen atoms in total. The second kappa shape index (κ2) is 6.52. The Balaban J connectivity index is 1.68. The Labute approximate surface area is 152 Å². The van der Waals surface area contributed by atoms with E-state index in [4.69, 9.17) is 11.5 Å². The van der Waals surface area contributed by atoms with Crippen LogP contribution in [0.2, 0.25) is 0 Å². The van der Waals surface area contributed by atoms with Crippen molar-refractivity contribution in [2.45, 2.75) is 13.5 Å². The number of nitrogens with two attached hydrogens (primary N) is 2. The monoisotopic (exact) mass is 343 g/mol. The number of aromatic nitrogens is 2. The zero-order chi connectivity index (χ0) is 18.1. The molecule has 4 aromatic rings. The molecule has 0 saturated carbocycles. The van der Waals surface area contributed by atoms with Gasteiger partial charge < -0.3 is 16.4 Å². The number of hydrogen-bond acceptors (Lipinski definition) is 5. The van der Waals surface area contributed by atoms with Crippen LogP contribution in [0.5, 0.6) is 0 Å². The summed E-state index contributed by atoms with van der Waals surface area (Å²) in [6.45, 7) is 3.85. The number of hydrogen-bond donors (Lipinski definition) is 2. The zero-order valence-corrected chi connectivity index (χ0v) is 14.7. The highest BCUT2D eigenvalue weighted by atomic mass is 15.1. The molecule has 1 heterocycles. The third-order valence-electron chi connectivity index (χ3n) is 4.66. The van der Waals surface area contributed by atoms with Crippen molar-refractivity contribution in [3.63, 3.8) is 0 Å². The quantitative estimate of drug-likeness (QED) is 0.586. The van der Waals surface area contributed by atoms with E-state index in [1.807, 2.05) is 12.1 Å². The molecular weight excluding hydrogens is 322 g/mol. The Kier molecular flexibility index (Phi) is 4.05. The summed E-state index contributed by atoms with van der Waals surface area (Å²) in [6, 6.07) is 21.1. The average molecular weight is 343 g/mol. The van der Waals surface area contributed by atoms with Gasteiger partial charge in [0, 0.05) is 24.2 Å². The van der Waals surface area contributed by atoms with Gasteiger partial charge in [0.05, 0.1) is 5.52 Å². The molecule has 26 heavy (non-hydrogen) atoms. The maximum Gasteiger partial charge on any atom is 0.222 e. The summed E-state index contributed by atoms with van der Waals surface area (Å²) in [6.07, 6.45) is 0. The van der Waals surface area contributed by atoms with Gasteiger partial charge in [-0.25, -0.2) is 4.98 Å². The summed E-state index contributed by atoms with van der Waals surface area (Å²) in [4.78, 5) is 10.6. The van der Waals surface area contributed by atoms with E-state index >= 15 is 0 Å². The zero-order valence-electron chi connectivity index (χ0n) is 14.7. The van der Waals surface area contributed by atoms with E-state index in [9.17, 15) is 0 Å².